The predicted molar refractivity (Wildman–Crippen MR) is 136 cm³/mol. The average Bonchev–Trinajstić information content (AvgIpc) is 2.84. The van der Waals surface area contributed by atoms with Gasteiger partial charge < -0.3 is 20.1 Å². The molecular weight excluding hydrogens is 460 g/mol. The van der Waals surface area contributed by atoms with Gasteiger partial charge in [-0.15, -0.1) is 0 Å². The zero-order valence-corrected chi connectivity index (χ0v) is 20.2. The largest absolute Gasteiger partial charge is 0.457 e. The lowest BCUT2D eigenvalue weighted by Gasteiger charge is -2.09. The Morgan fingerprint density at radius 1 is 0.750 bits per heavy atom. The van der Waals surface area contributed by atoms with Crippen molar-refractivity contribution >= 4 is 34.9 Å². The van der Waals surface area contributed by atoms with Crippen LogP contribution in [0.3, 0.4) is 0 Å². The van der Waals surface area contributed by atoms with Crippen LogP contribution in [0.25, 0.3) is 0 Å². The fourth-order valence-corrected chi connectivity index (χ4v) is 3.24. The fraction of sp³-hybridized carbons (Fsp3) is 0.214. The molecule has 0 unspecified atom stereocenters. The van der Waals surface area contributed by atoms with Crippen molar-refractivity contribution in [3.8, 4) is 11.5 Å². The molecule has 186 valence electrons. The summed E-state index contributed by atoms with van der Waals surface area (Å²) in [6.07, 6.45) is 0.427. The van der Waals surface area contributed by atoms with Crippen LogP contribution in [0, 0.1) is 6.92 Å². The molecule has 3 aromatic rings. The number of carbonyl (C=O) groups is 4. The summed E-state index contributed by atoms with van der Waals surface area (Å²) in [6.45, 7) is 3.01. The maximum absolute atomic E-state index is 12.2. The second kappa shape index (κ2) is 12.9. The third-order valence-electron chi connectivity index (χ3n) is 5.09. The van der Waals surface area contributed by atoms with E-state index in [9.17, 15) is 19.2 Å². The van der Waals surface area contributed by atoms with Crippen molar-refractivity contribution in [1.82, 2.24) is 0 Å². The second-order valence-corrected chi connectivity index (χ2v) is 8.19. The number of rotatable bonds is 11. The van der Waals surface area contributed by atoms with Crippen molar-refractivity contribution in [3.05, 3.63) is 83.9 Å². The van der Waals surface area contributed by atoms with Crippen molar-refractivity contribution in [3.63, 3.8) is 0 Å². The molecule has 2 N–H and O–H groups in total. The molecule has 0 heterocycles. The molecule has 36 heavy (non-hydrogen) atoms. The van der Waals surface area contributed by atoms with Gasteiger partial charge >= 0.3 is 5.97 Å². The number of hydrogen-bond acceptors (Lipinski definition) is 6. The number of amides is 2. The number of ketones is 1. The van der Waals surface area contributed by atoms with Gasteiger partial charge in [0.25, 0.3) is 5.91 Å². The summed E-state index contributed by atoms with van der Waals surface area (Å²) < 4.78 is 10.7. The van der Waals surface area contributed by atoms with E-state index in [4.69, 9.17) is 9.47 Å². The van der Waals surface area contributed by atoms with Crippen molar-refractivity contribution in [2.75, 3.05) is 17.2 Å². The Hall–Kier alpha value is -4.46. The van der Waals surface area contributed by atoms with E-state index in [-0.39, 0.29) is 31.0 Å². The molecule has 0 aliphatic heterocycles. The quantitative estimate of drug-likeness (QED) is 0.281. The van der Waals surface area contributed by atoms with Crippen LogP contribution in [0.15, 0.2) is 72.8 Å². The van der Waals surface area contributed by atoms with Gasteiger partial charge in [0.2, 0.25) is 5.91 Å². The number of aryl methyl sites for hydroxylation is 1. The van der Waals surface area contributed by atoms with E-state index in [0.29, 0.717) is 22.7 Å². The van der Waals surface area contributed by atoms with Gasteiger partial charge in [-0.1, -0.05) is 12.1 Å². The van der Waals surface area contributed by atoms with Gasteiger partial charge in [-0.2, -0.15) is 0 Å². The third kappa shape index (κ3) is 8.72. The Morgan fingerprint density at radius 2 is 1.39 bits per heavy atom. The van der Waals surface area contributed by atoms with E-state index < -0.39 is 18.5 Å². The SMILES string of the molecule is CC(=O)c1ccc(NC(=O)COC(=O)CCCC(=O)Nc2ccc(Oc3cccc(C)c3)cc2)cc1. The smallest absolute Gasteiger partial charge is 0.306 e. The highest BCUT2D eigenvalue weighted by Gasteiger charge is 2.10. The first-order chi connectivity index (χ1) is 17.3. The number of nitrogens with one attached hydrogen (secondary N) is 2. The Labute approximate surface area is 209 Å². The topological polar surface area (TPSA) is 111 Å². The van der Waals surface area contributed by atoms with Gasteiger partial charge in [0.05, 0.1) is 0 Å². The van der Waals surface area contributed by atoms with Crippen LogP contribution in [0.4, 0.5) is 11.4 Å². The van der Waals surface area contributed by atoms with Crippen LogP contribution in [0.1, 0.15) is 42.1 Å². The van der Waals surface area contributed by atoms with Crippen molar-refractivity contribution in [2.45, 2.75) is 33.1 Å². The standard InChI is InChI=1S/C28H28N2O6/c1-19-5-3-6-25(17-19)36-24-15-13-23(14-16-24)29-26(32)7-4-8-28(34)35-18-27(33)30-22-11-9-21(10-12-22)20(2)31/h3,5-6,9-17H,4,7-8,18H2,1-2H3,(H,29,32)(H,30,33). The van der Waals surface area contributed by atoms with Crippen molar-refractivity contribution < 1.29 is 28.7 Å². The molecule has 0 fully saturated rings. The van der Waals surface area contributed by atoms with Gasteiger partial charge in [0.15, 0.2) is 12.4 Å². The first-order valence-corrected chi connectivity index (χ1v) is 11.5. The van der Waals surface area contributed by atoms with Crippen LogP contribution in [0.2, 0.25) is 0 Å². The first-order valence-electron chi connectivity index (χ1n) is 11.5. The van der Waals surface area contributed by atoms with Crippen LogP contribution in [-0.2, 0) is 19.1 Å². The van der Waals surface area contributed by atoms with Gasteiger partial charge in [-0.3, -0.25) is 19.2 Å². The number of anilines is 2. The molecule has 2 amide bonds. The molecule has 0 saturated heterocycles. The van der Waals surface area contributed by atoms with Crippen LogP contribution in [0.5, 0.6) is 11.5 Å². The minimum absolute atomic E-state index is 0.0112. The highest BCUT2D eigenvalue weighted by molar-refractivity contribution is 5.96. The number of Topliss-reactive ketones (excluding diaryl/α,β-unsaturated/α-hetero) is 1. The van der Waals surface area contributed by atoms with E-state index in [0.717, 1.165) is 11.3 Å². The average molecular weight is 489 g/mol. The Bertz CT molecular complexity index is 1220. The molecule has 8 heteroatoms. The molecule has 0 radical (unpaired) electrons. The molecule has 0 atom stereocenters. The van der Waals surface area contributed by atoms with Crippen molar-refractivity contribution in [2.24, 2.45) is 0 Å². The molecule has 8 nitrogen and oxygen atoms in total. The second-order valence-electron chi connectivity index (χ2n) is 8.19. The van der Waals surface area contributed by atoms with Gasteiger partial charge in [-0.25, -0.2) is 0 Å². The summed E-state index contributed by atoms with van der Waals surface area (Å²) in [5.74, 6) is 0.0192. The number of carbonyl (C=O) groups excluding carboxylic acids is 4. The number of esters is 1. The van der Waals surface area contributed by atoms with Crippen LogP contribution in [-0.4, -0.2) is 30.2 Å². The minimum Gasteiger partial charge on any atom is -0.457 e. The lowest BCUT2D eigenvalue weighted by molar-refractivity contribution is -0.147. The molecule has 0 aromatic heterocycles. The molecule has 3 rings (SSSR count). The summed E-state index contributed by atoms with van der Waals surface area (Å²) >= 11 is 0. The van der Waals surface area contributed by atoms with E-state index in [1.54, 1.807) is 48.5 Å². The van der Waals surface area contributed by atoms with Gasteiger partial charge in [0, 0.05) is 29.8 Å². The zero-order chi connectivity index (χ0) is 25.9. The molecule has 0 spiro atoms. The molecule has 0 bridgehead atoms. The van der Waals surface area contributed by atoms with Crippen molar-refractivity contribution in [1.29, 1.82) is 0 Å². The van der Waals surface area contributed by atoms with Crippen LogP contribution < -0.4 is 15.4 Å². The molecule has 0 aliphatic rings. The van der Waals surface area contributed by atoms with Gasteiger partial charge in [0.1, 0.15) is 11.5 Å². The van der Waals surface area contributed by atoms with Gasteiger partial charge in [-0.05, 0) is 86.5 Å². The summed E-state index contributed by atoms with van der Waals surface area (Å²) in [4.78, 5) is 47.3. The fourth-order valence-electron chi connectivity index (χ4n) is 3.24. The summed E-state index contributed by atoms with van der Waals surface area (Å²) in [7, 11) is 0. The highest BCUT2D eigenvalue weighted by atomic mass is 16.5. The highest BCUT2D eigenvalue weighted by Crippen LogP contribution is 2.23. The minimum atomic E-state index is -0.567. The normalized spacial score (nSPS) is 10.3. The maximum Gasteiger partial charge on any atom is 0.306 e. The Balaban J connectivity index is 1.32. The lowest BCUT2D eigenvalue weighted by Crippen LogP contribution is -2.21. The van der Waals surface area contributed by atoms with E-state index in [2.05, 4.69) is 10.6 Å². The molecule has 0 aliphatic carbocycles. The summed E-state index contributed by atoms with van der Waals surface area (Å²) in [5.41, 5.74) is 2.74. The third-order valence-corrected chi connectivity index (χ3v) is 5.09. The zero-order valence-electron chi connectivity index (χ0n) is 20.2. The van der Waals surface area contributed by atoms with Crippen LogP contribution >= 0.6 is 0 Å². The predicted octanol–water partition coefficient (Wildman–Crippen LogP) is 5.28. The maximum atomic E-state index is 12.2. The number of ether oxygens (including phenoxy) is 2. The Morgan fingerprint density at radius 3 is 2.03 bits per heavy atom. The van der Waals surface area contributed by atoms with E-state index in [1.165, 1.54) is 6.92 Å². The Kier molecular flexibility index (Phi) is 9.33. The lowest BCUT2D eigenvalue weighted by atomic mass is 10.1. The summed E-state index contributed by atoms with van der Waals surface area (Å²) in [5, 5.41) is 5.36. The first kappa shape index (κ1) is 26.2. The molecule has 3 aromatic carbocycles. The number of hydrogen-bond donors (Lipinski definition) is 2. The molecular formula is C28H28N2O6. The monoisotopic (exact) mass is 488 g/mol. The van der Waals surface area contributed by atoms with E-state index in [1.807, 2.05) is 31.2 Å². The summed E-state index contributed by atoms with van der Waals surface area (Å²) in [6, 6.07) is 21.1. The number of benzene rings is 3. The molecule has 0 saturated carbocycles. The van der Waals surface area contributed by atoms with E-state index >= 15 is 0 Å².